The predicted octanol–water partition coefficient (Wildman–Crippen LogP) is 0.779. The Morgan fingerprint density at radius 2 is 1.89 bits per heavy atom. The van der Waals surface area contributed by atoms with Gasteiger partial charge in [0.2, 0.25) is 0 Å². The molecule has 0 aliphatic heterocycles. The second-order valence-corrected chi connectivity index (χ2v) is 2.84. The van der Waals surface area contributed by atoms with Crippen molar-refractivity contribution in [2.24, 2.45) is 5.73 Å². The first kappa shape index (κ1) is 8.92. The molecule has 0 aliphatic carbocycles. The van der Waals surface area contributed by atoms with Crippen LogP contribution < -0.4 is 5.73 Å². The van der Waals surface area contributed by atoms with Gasteiger partial charge in [0, 0.05) is 0 Å². The molecule has 0 fully saturated rings. The van der Waals surface area contributed by atoms with Crippen LogP contribution >= 0.6 is 0 Å². The Balaban J connectivity index is 3.62. The molecule has 0 saturated carbocycles. The van der Waals surface area contributed by atoms with E-state index in [0.29, 0.717) is 0 Å². The molecule has 2 heteroatoms. The van der Waals surface area contributed by atoms with Crippen LogP contribution in [0.25, 0.3) is 0 Å². The smallest absolute Gasteiger partial charge is 0.129 e. The second kappa shape index (κ2) is 3.85. The molecule has 0 spiro atoms. The van der Waals surface area contributed by atoms with E-state index in [-0.39, 0.29) is 0 Å². The molecule has 0 aliphatic rings. The van der Waals surface area contributed by atoms with Crippen molar-refractivity contribution in [2.75, 3.05) is 26.8 Å². The van der Waals surface area contributed by atoms with E-state index in [0.717, 1.165) is 17.7 Å². The molecule has 1 atom stereocenters. The van der Waals surface area contributed by atoms with Crippen molar-refractivity contribution in [3.8, 4) is 0 Å². The predicted molar refractivity (Wildman–Crippen MR) is 40.9 cm³/mol. The summed E-state index contributed by atoms with van der Waals surface area (Å²) in [5.41, 5.74) is 5.58. The summed E-state index contributed by atoms with van der Waals surface area (Å²) in [6.45, 7) is 7.49. The molecule has 0 radical (unpaired) electrons. The van der Waals surface area contributed by atoms with E-state index in [9.17, 15) is 0 Å². The van der Waals surface area contributed by atoms with Crippen molar-refractivity contribution in [2.45, 2.75) is 20.3 Å². The summed E-state index contributed by atoms with van der Waals surface area (Å²) in [5.74, 6) is 0. The zero-order chi connectivity index (χ0) is 7.33. The molecule has 0 aromatic rings. The van der Waals surface area contributed by atoms with Crippen LogP contribution in [0.15, 0.2) is 0 Å². The van der Waals surface area contributed by atoms with Crippen molar-refractivity contribution in [1.82, 2.24) is 0 Å². The third kappa shape index (κ3) is 2.82. The van der Waals surface area contributed by atoms with Crippen molar-refractivity contribution in [3.63, 3.8) is 0 Å². The Labute approximate surface area is 58.2 Å². The van der Waals surface area contributed by atoms with Gasteiger partial charge < -0.3 is 4.48 Å². The third-order valence-corrected chi connectivity index (χ3v) is 1.97. The summed E-state index contributed by atoms with van der Waals surface area (Å²) in [7, 11) is 2.20. The fraction of sp³-hybridized carbons (Fsp3) is 1.00. The standard InChI is InChI=1S/C7H19N2/c1-4-6-9(3,5-2)7-8/h4-8H2,1-3H3/q+1. The molecule has 1 unspecified atom stereocenters. The molecule has 2 nitrogen and oxygen atoms in total. The molecule has 0 heterocycles. The summed E-state index contributed by atoms with van der Waals surface area (Å²) < 4.78 is 1.01. The Morgan fingerprint density at radius 3 is 2.00 bits per heavy atom. The molecule has 0 rings (SSSR count). The molecular formula is C7H19N2+. The zero-order valence-electron chi connectivity index (χ0n) is 6.85. The average Bonchev–Trinajstić information content (AvgIpc) is 1.89. The van der Waals surface area contributed by atoms with Gasteiger partial charge in [-0.1, -0.05) is 6.92 Å². The van der Waals surface area contributed by atoms with Crippen molar-refractivity contribution >= 4 is 0 Å². The largest absolute Gasteiger partial charge is 0.314 e. The lowest BCUT2D eigenvalue weighted by atomic mass is 10.4. The molecule has 0 bridgehead atoms. The summed E-state index contributed by atoms with van der Waals surface area (Å²) in [6, 6.07) is 0. The maximum Gasteiger partial charge on any atom is 0.129 e. The number of quaternary nitrogens is 1. The quantitative estimate of drug-likeness (QED) is 0.443. The first-order valence-electron chi connectivity index (χ1n) is 3.72. The Kier molecular flexibility index (Phi) is 3.82. The van der Waals surface area contributed by atoms with Crippen LogP contribution in [0.4, 0.5) is 0 Å². The average molecular weight is 131 g/mol. The summed E-state index contributed by atoms with van der Waals surface area (Å²) in [5, 5.41) is 0. The van der Waals surface area contributed by atoms with Crippen LogP contribution in [0.2, 0.25) is 0 Å². The van der Waals surface area contributed by atoms with Gasteiger partial charge >= 0.3 is 0 Å². The normalized spacial score (nSPS) is 17.3. The summed E-state index contributed by atoms with van der Waals surface area (Å²) >= 11 is 0. The highest BCUT2D eigenvalue weighted by Crippen LogP contribution is 1.98. The first-order valence-corrected chi connectivity index (χ1v) is 3.72. The van der Waals surface area contributed by atoms with Crippen LogP contribution in [-0.2, 0) is 0 Å². The minimum Gasteiger partial charge on any atom is -0.314 e. The van der Waals surface area contributed by atoms with Gasteiger partial charge in [0.05, 0.1) is 20.1 Å². The van der Waals surface area contributed by atoms with E-state index in [1.807, 2.05) is 0 Å². The van der Waals surface area contributed by atoms with Crippen LogP contribution in [0.5, 0.6) is 0 Å². The van der Waals surface area contributed by atoms with Gasteiger partial charge in [-0.05, 0) is 13.3 Å². The van der Waals surface area contributed by atoms with Crippen LogP contribution in [0, 0.1) is 0 Å². The Morgan fingerprint density at radius 1 is 1.33 bits per heavy atom. The Hall–Kier alpha value is -0.0800. The van der Waals surface area contributed by atoms with E-state index < -0.39 is 0 Å². The number of hydrogen-bond donors (Lipinski definition) is 1. The third-order valence-electron chi connectivity index (χ3n) is 1.97. The van der Waals surface area contributed by atoms with Gasteiger partial charge in [0.15, 0.2) is 0 Å². The highest BCUT2D eigenvalue weighted by Gasteiger charge is 2.13. The fourth-order valence-corrected chi connectivity index (χ4v) is 0.918. The summed E-state index contributed by atoms with van der Waals surface area (Å²) in [4.78, 5) is 0. The topological polar surface area (TPSA) is 26.0 Å². The maximum absolute atomic E-state index is 5.58. The fourth-order valence-electron chi connectivity index (χ4n) is 0.918. The van der Waals surface area contributed by atoms with E-state index in [2.05, 4.69) is 20.9 Å². The van der Waals surface area contributed by atoms with Crippen molar-refractivity contribution in [3.05, 3.63) is 0 Å². The molecule has 0 amide bonds. The minimum absolute atomic E-state index is 0.768. The Bertz CT molecular complexity index is 67.3. The molecule has 0 saturated heterocycles. The molecule has 2 N–H and O–H groups in total. The summed E-state index contributed by atoms with van der Waals surface area (Å²) in [6.07, 6.45) is 1.22. The van der Waals surface area contributed by atoms with Gasteiger partial charge in [-0.2, -0.15) is 0 Å². The highest BCUT2D eigenvalue weighted by atomic mass is 15.4. The van der Waals surface area contributed by atoms with Gasteiger partial charge in [-0.25, -0.2) is 0 Å². The van der Waals surface area contributed by atoms with Crippen molar-refractivity contribution < 1.29 is 4.48 Å². The number of nitrogens with zero attached hydrogens (tertiary/aromatic N) is 1. The molecule has 9 heavy (non-hydrogen) atoms. The maximum atomic E-state index is 5.58. The number of rotatable bonds is 4. The molecule has 0 aromatic carbocycles. The lowest BCUT2D eigenvalue weighted by Crippen LogP contribution is -2.48. The molecule has 56 valence electrons. The monoisotopic (exact) mass is 131 g/mol. The molecular weight excluding hydrogens is 112 g/mol. The van der Waals surface area contributed by atoms with Crippen molar-refractivity contribution in [1.29, 1.82) is 0 Å². The minimum atomic E-state index is 0.768. The lowest BCUT2D eigenvalue weighted by molar-refractivity contribution is -0.907. The van der Waals surface area contributed by atoms with E-state index >= 15 is 0 Å². The second-order valence-electron chi connectivity index (χ2n) is 2.84. The number of nitrogens with two attached hydrogens (primary N) is 1. The van der Waals surface area contributed by atoms with Crippen LogP contribution in [0.1, 0.15) is 20.3 Å². The van der Waals surface area contributed by atoms with Gasteiger partial charge in [0.1, 0.15) is 6.67 Å². The van der Waals surface area contributed by atoms with Gasteiger partial charge in [0.25, 0.3) is 0 Å². The van der Waals surface area contributed by atoms with Crippen LogP contribution in [0.3, 0.4) is 0 Å². The highest BCUT2D eigenvalue weighted by molar-refractivity contribution is 4.29. The molecule has 0 aromatic heterocycles. The number of hydrogen-bond acceptors (Lipinski definition) is 1. The van der Waals surface area contributed by atoms with Crippen LogP contribution in [-0.4, -0.2) is 31.3 Å². The van der Waals surface area contributed by atoms with Gasteiger partial charge in [-0.3, -0.25) is 5.73 Å². The van der Waals surface area contributed by atoms with E-state index in [1.165, 1.54) is 13.0 Å². The van der Waals surface area contributed by atoms with E-state index in [1.54, 1.807) is 0 Å². The lowest BCUT2D eigenvalue weighted by Gasteiger charge is -2.30. The zero-order valence-corrected chi connectivity index (χ0v) is 6.85. The SMILES string of the molecule is CCC[N+](C)(CC)CN. The first-order chi connectivity index (χ1) is 4.18. The van der Waals surface area contributed by atoms with E-state index in [4.69, 9.17) is 5.73 Å². The van der Waals surface area contributed by atoms with Gasteiger partial charge in [-0.15, -0.1) is 0 Å².